The number of piperidine rings is 1. The number of guanidine groups is 1. The third-order valence-electron chi connectivity index (χ3n) is 4.23. The van der Waals surface area contributed by atoms with Crippen LogP contribution >= 0.6 is 39.9 Å². The van der Waals surface area contributed by atoms with Gasteiger partial charge >= 0.3 is 5.97 Å². The number of rotatable bonds is 4. The summed E-state index contributed by atoms with van der Waals surface area (Å²) >= 11 is 3.36. The molecule has 1 aliphatic heterocycles. The molecule has 0 radical (unpaired) electrons. The largest absolute Gasteiger partial charge is 0.469 e. The van der Waals surface area contributed by atoms with E-state index in [-0.39, 0.29) is 41.7 Å². The number of methoxy groups -OCH3 is 1. The maximum absolute atomic E-state index is 13.7. The third kappa shape index (κ3) is 6.40. The Morgan fingerprint density at radius 2 is 2.12 bits per heavy atom. The van der Waals surface area contributed by atoms with Gasteiger partial charge in [-0.25, -0.2) is 4.39 Å². The van der Waals surface area contributed by atoms with Crippen molar-refractivity contribution in [2.75, 3.05) is 33.8 Å². The van der Waals surface area contributed by atoms with Crippen LogP contribution in [0.2, 0.25) is 0 Å². The fourth-order valence-electron chi connectivity index (χ4n) is 2.87. The summed E-state index contributed by atoms with van der Waals surface area (Å²) in [5, 5.41) is 3.27. The number of halogens is 3. The molecule has 1 aromatic rings. The average Bonchev–Trinajstić information content (AvgIpc) is 2.61. The van der Waals surface area contributed by atoms with Gasteiger partial charge in [-0.15, -0.1) is 24.0 Å². The number of nitrogens with one attached hydrogen (secondary N) is 1. The first-order valence-corrected chi connectivity index (χ1v) is 8.81. The van der Waals surface area contributed by atoms with Crippen LogP contribution < -0.4 is 5.32 Å². The predicted molar refractivity (Wildman–Crippen MR) is 111 cm³/mol. The van der Waals surface area contributed by atoms with E-state index in [1.165, 1.54) is 13.2 Å². The van der Waals surface area contributed by atoms with Gasteiger partial charge in [-0.3, -0.25) is 9.79 Å². The Kier molecular flexibility index (Phi) is 9.70. The van der Waals surface area contributed by atoms with Crippen LogP contribution in [0.3, 0.4) is 0 Å². The van der Waals surface area contributed by atoms with E-state index >= 15 is 0 Å². The van der Waals surface area contributed by atoms with Crippen molar-refractivity contribution in [3.05, 3.63) is 34.1 Å². The van der Waals surface area contributed by atoms with Gasteiger partial charge in [0, 0.05) is 31.2 Å². The topological polar surface area (TPSA) is 53.9 Å². The lowest BCUT2D eigenvalue weighted by Gasteiger charge is -2.33. The third-order valence-corrected chi connectivity index (χ3v) is 4.72. The van der Waals surface area contributed by atoms with Gasteiger partial charge < -0.3 is 15.0 Å². The number of hydrogen-bond acceptors (Lipinski definition) is 3. The summed E-state index contributed by atoms with van der Waals surface area (Å²) in [5.41, 5.74) is 0.664. The van der Waals surface area contributed by atoms with Crippen LogP contribution in [0.5, 0.6) is 0 Å². The molecule has 0 aliphatic carbocycles. The molecule has 5 nitrogen and oxygen atoms in total. The molecule has 25 heavy (non-hydrogen) atoms. The SMILES string of the molecule is CN=C(NCCc1cc(Br)ccc1F)N1CCC(C(=O)OC)CC1.I. The zero-order valence-corrected chi connectivity index (χ0v) is 18.3. The smallest absolute Gasteiger partial charge is 0.308 e. The highest BCUT2D eigenvalue weighted by atomic mass is 127. The molecule has 1 heterocycles. The maximum atomic E-state index is 13.7. The minimum Gasteiger partial charge on any atom is -0.469 e. The molecule has 0 aromatic heterocycles. The second kappa shape index (κ2) is 10.9. The first-order chi connectivity index (χ1) is 11.5. The summed E-state index contributed by atoms with van der Waals surface area (Å²) in [5.74, 6) is 0.422. The molecule has 1 aromatic carbocycles. The minimum atomic E-state index is -0.200. The normalized spacial score (nSPS) is 15.5. The first kappa shape index (κ1) is 22.1. The number of nitrogens with zero attached hydrogens (tertiary/aromatic N) is 2. The summed E-state index contributed by atoms with van der Waals surface area (Å²) in [7, 11) is 3.16. The average molecular weight is 528 g/mol. The van der Waals surface area contributed by atoms with E-state index in [9.17, 15) is 9.18 Å². The Balaban J connectivity index is 0.00000312. The van der Waals surface area contributed by atoms with E-state index in [0.29, 0.717) is 18.5 Å². The van der Waals surface area contributed by atoms with Gasteiger partial charge in [0.25, 0.3) is 0 Å². The Morgan fingerprint density at radius 3 is 2.72 bits per heavy atom. The van der Waals surface area contributed by atoms with E-state index in [0.717, 1.165) is 36.4 Å². The highest BCUT2D eigenvalue weighted by Crippen LogP contribution is 2.19. The fraction of sp³-hybridized carbons (Fsp3) is 0.529. The van der Waals surface area contributed by atoms with Gasteiger partial charge in [0.2, 0.25) is 0 Å². The standard InChI is InChI=1S/C17H23BrFN3O2.HI/c1-20-17(22-9-6-12(7-10-22)16(23)24-2)21-8-5-13-11-14(18)3-4-15(13)19;/h3-4,11-12H,5-10H2,1-2H3,(H,20,21);1H. The number of esters is 1. The molecule has 1 aliphatic rings. The van der Waals surface area contributed by atoms with Crippen LogP contribution in [0, 0.1) is 11.7 Å². The molecule has 0 atom stereocenters. The highest BCUT2D eigenvalue weighted by Gasteiger charge is 2.26. The summed E-state index contributed by atoms with van der Waals surface area (Å²) in [6, 6.07) is 4.95. The number of carbonyl (C=O) groups excluding carboxylic acids is 1. The van der Waals surface area contributed by atoms with Gasteiger partial charge in [-0.1, -0.05) is 15.9 Å². The number of hydrogen-bond donors (Lipinski definition) is 1. The van der Waals surface area contributed by atoms with Crippen molar-refractivity contribution in [3.63, 3.8) is 0 Å². The van der Waals surface area contributed by atoms with Crippen LogP contribution in [0.4, 0.5) is 4.39 Å². The molecule has 2 rings (SSSR count). The van der Waals surface area contributed by atoms with Crippen molar-refractivity contribution in [1.82, 2.24) is 10.2 Å². The van der Waals surface area contributed by atoms with Crippen LogP contribution in [0.15, 0.2) is 27.7 Å². The molecule has 8 heteroatoms. The van der Waals surface area contributed by atoms with E-state index in [4.69, 9.17) is 4.74 Å². The van der Waals surface area contributed by atoms with Gasteiger partial charge in [0.1, 0.15) is 5.82 Å². The number of carbonyl (C=O) groups is 1. The van der Waals surface area contributed by atoms with E-state index in [1.807, 2.05) is 0 Å². The van der Waals surface area contributed by atoms with Crippen molar-refractivity contribution >= 4 is 51.8 Å². The van der Waals surface area contributed by atoms with Crippen molar-refractivity contribution in [2.24, 2.45) is 10.9 Å². The summed E-state index contributed by atoms with van der Waals surface area (Å²) in [4.78, 5) is 18.0. The fourth-order valence-corrected chi connectivity index (χ4v) is 3.28. The Bertz CT molecular complexity index is 608. The van der Waals surface area contributed by atoms with E-state index < -0.39 is 0 Å². The summed E-state index contributed by atoms with van der Waals surface area (Å²) < 4.78 is 19.4. The molecule has 0 saturated carbocycles. The molecule has 1 fully saturated rings. The van der Waals surface area contributed by atoms with Crippen LogP contribution in [-0.2, 0) is 16.0 Å². The molecule has 0 amide bonds. The maximum Gasteiger partial charge on any atom is 0.308 e. The number of aliphatic imine (C=N–C) groups is 1. The van der Waals surface area contributed by atoms with Crippen LogP contribution in [0.1, 0.15) is 18.4 Å². The number of benzene rings is 1. The van der Waals surface area contributed by atoms with Gasteiger partial charge in [-0.05, 0) is 43.0 Å². The Hall–Kier alpha value is -0.900. The Labute approximate surface area is 173 Å². The number of likely N-dealkylation sites (tertiary alicyclic amines) is 1. The van der Waals surface area contributed by atoms with E-state index in [1.54, 1.807) is 19.2 Å². The first-order valence-electron chi connectivity index (χ1n) is 8.02. The quantitative estimate of drug-likeness (QED) is 0.283. The van der Waals surface area contributed by atoms with Gasteiger partial charge in [0.15, 0.2) is 5.96 Å². The molecule has 140 valence electrons. The molecule has 0 bridgehead atoms. The van der Waals surface area contributed by atoms with Gasteiger partial charge in [-0.2, -0.15) is 0 Å². The molecular formula is C17H24BrFIN3O2. The van der Waals surface area contributed by atoms with E-state index in [2.05, 4.69) is 31.1 Å². The lowest BCUT2D eigenvalue weighted by Crippen LogP contribution is -2.47. The zero-order chi connectivity index (χ0) is 17.5. The lowest BCUT2D eigenvalue weighted by atomic mass is 9.97. The highest BCUT2D eigenvalue weighted by molar-refractivity contribution is 14.0. The molecule has 1 N–H and O–H groups in total. The zero-order valence-electron chi connectivity index (χ0n) is 14.4. The van der Waals surface area contributed by atoms with Crippen molar-refractivity contribution in [3.8, 4) is 0 Å². The number of ether oxygens (including phenoxy) is 1. The predicted octanol–water partition coefficient (Wildman–Crippen LogP) is 3.21. The minimum absolute atomic E-state index is 0. The summed E-state index contributed by atoms with van der Waals surface area (Å²) in [6.07, 6.45) is 2.09. The lowest BCUT2D eigenvalue weighted by molar-refractivity contribution is -0.146. The van der Waals surface area contributed by atoms with Crippen LogP contribution in [0.25, 0.3) is 0 Å². The van der Waals surface area contributed by atoms with Crippen LogP contribution in [-0.4, -0.2) is 50.6 Å². The second-order valence-corrected chi connectivity index (χ2v) is 6.66. The second-order valence-electron chi connectivity index (χ2n) is 5.74. The van der Waals surface area contributed by atoms with Crippen molar-refractivity contribution < 1.29 is 13.9 Å². The molecular weight excluding hydrogens is 504 g/mol. The Morgan fingerprint density at radius 1 is 1.44 bits per heavy atom. The monoisotopic (exact) mass is 527 g/mol. The summed E-state index contributed by atoms with van der Waals surface area (Å²) in [6.45, 7) is 2.10. The van der Waals surface area contributed by atoms with Crippen molar-refractivity contribution in [2.45, 2.75) is 19.3 Å². The van der Waals surface area contributed by atoms with Crippen molar-refractivity contribution in [1.29, 1.82) is 0 Å². The molecule has 1 saturated heterocycles. The van der Waals surface area contributed by atoms with Gasteiger partial charge in [0.05, 0.1) is 13.0 Å². The molecule has 0 unspecified atom stereocenters. The molecule has 0 spiro atoms.